The summed E-state index contributed by atoms with van der Waals surface area (Å²) in [6.45, 7) is 0. The van der Waals surface area contributed by atoms with E-state index in [9.17, 15) is 9.18 Å². The van der Waals surface area contributed by atoms with E-state index in [0.29, 0.717) is 5.76 Å². The Hall–Kier alpha value is -3.40. The van der Waals surface area contributed by atoms with Crippen LogP contribution in [0.15, 0.2) is 89.5 Å². The number of carbonyl (C=O) groups excluding carboxylic acids is 1. The molecule has 4 rings (SSSR count). The van der Waals surface area contributed by atoms with Crippen LogP contribution in [0.4, 0.5) is 10.1 Å². The predicted molar refractivity (Wildman–Crippen MR) is 104 cm³/mol. The van der Waals surface area contributed by atoms with Crippen molar-refractivity contribution in [1.29, 1.82) is 0 Å². The molecule has 1 aromatic heterocycles. The van der Waals surface area contributed by atoms with Gasteiger partial charge in [0.25, 0.3) is 0 Å². The summed E-state index contributed by atoms with van der Waals surface area (Å²) < 4.78 is 18.8. The third-order valence-corrected chi connectivity index (χ3v) is 4.61. The molecule has 4 heteroatoms. The van der Waals surface area contributed by atoms with E-state index in [1.165, 1.54) is 12.1 Å². The van der Waals surface area contributed by atoms with E-state index in [0.717, 1.165) is 22.0 Å². The highest BCUT2D eigenvalue weighted by molar-refractivity contribution is 6.02. The Bertz CT molecular complexity index is 1050. The van der Waals surface area contributed by atoms with E-state index < -0.39 is 0 Å². The molecule has 0 aliphatic carbocycles. The molecule has 1 N–H and O–H groups in total. The molecule has 3 nitrogen and oxygen atoms in total. The highest BCUT2D eigenvalue weighted by Gasteiger charge is 2.21. The van der Waals surface area contributed by atoms with Gasteiger partial charge in [-0.05, 0) is 41.3 Å². The van der Waals surface area contributed by atoms with E-state index in [4.69, 9.17) is 4.42 Å². The van der Waals surface area contributed by atoms with Crippen LogP contribution in [0.25, 0.3) is 10.8 Å². The van der Waals surface area contributed by atoms with Gasteiger partial charge in [-0.1, -0.05) is 48.5 Å². The summed E-state index contributed by atoms with van der Waals surface area (Å²) in [5, 5.41) is 5.06. The minimum atomic E-state index is -0.308. The minimum absolute atomic E-state index is 0.128. The molecule has 0 bridgehead atoms. The number of furan rings is 1. The van der Waals surface area contributed by atoms with Gasteiger partial charge in [-0.15, -0.1) is 0 Å². The van der Waals surface area contributed by atoms with Crippen LogP contribution >= 0.6 is 0 Å². The highest BCUT2D eigenvalue weighted by atomic mass is 19.1. The number of hydrogen-bond acceptors (Lipinski definition) is 2. The number of halogens is 1. The summed E-state index contributed by atoms with van der Waals surface area (Å²) >= 11 is 0. The van der Waals surface area contributed by atoms with Crippen LogP contribution in [-0.2, 0) is 4.79 Å². The Morgan fingerprint density at radius 3 is 2.48 bits per heavy atom. The molecule has 1 amide bonds. The van der Waals surface area contributed by atoms with E-state index in [2.05, 4.69) is 5.32 Å². The Labute approximate surface area is 156 Å². The topological polar surface area (TPSA) is 42.2 Å². The molecule has 27 heavy (non-hydrogen) atoms. The lowest BCUT2D eigenvalue weighted by atomic mass is 9.93. The molecule has 1 atom stereocenters. The number of amides is 1. The number of hydrogen-bond donors (Lipinski definition) is 1. The fourth-order valence-corrected chi connectivity index (χ4v) is 3.29. The molecule has 134 valence electrons. The van der Waals surface area contributed by atoms with E-state index in [1.54, 1.807) is 24.5 Å². The zero-order valence-electron chi connectivity index (χ0n) is 14.6. The summed E-state index contributed by atoms with van der Waals surface area (Å²) in [5.74, 6) is -0.0421. The molecule has 0 fully saturated rings. The van der Waals surface area contributed by atoms with Crippen molar-refractivity contribution < 1.29 is 13.6 Å². The SMILES string of the molecule is O=C(CC(c1ccc(F)cc1)c1ccco1)Nc1cccc2ccccc12. The van der Waals surface area contributed by atoms with E-state index >= 15 is 0 Å². The van der Waals surface area contributed by atoms with Crippen molar-refractivity contribution in [3.63, 3.8) is 0 Å². The number of benzene rings is 3. The van der Waals surface area contributed by atoms with Crippen LogP contribution in [-0.4, -0.2) is 5.91 Å². The van der Waals surface area contributed by atoms with E-state index in [-0.39, 0.29) is 24.1 Å². The number of nitrogens with one attached hydrogen (secondary N) is 1. The average molecular weight is 359 g/mol. The molecule has 0 spiro atoms. The van der Waals surface area contributed by atoms with Gasteiger partial charge in [0.15, 0.2) is 0 Å². The Balaban J connectivity index is 1.59. The largest absolute Gasteiger partial charge is 0.469 e. The van der Waals surface area contributed by atoms with Gasteiger partial charge in [0.2, 0.25) is 5.91 Å². The number of fused-ring (bicyclic) bond motifs is 1. The summed E-state index contributed by atoms with van der Waals surface area (Å²) in [7, 11) is 0. The lowest BCUT2D eigenvalue weighted by molar-refractivity contribution is -0.116. The first-order valence-corrected chi connectivity index (χ1v) is 8.77. The van der Waals surface area contributed by atoms with Gasteiger partial charge >= 0.3 is 0 Å². The van der Waals surface area contributed by atoms with Crippen molar-refractivity contribution >= 4 is 22.4 Å². The molecule has 1 unspecified atom stereocenters. The molecule has 0 aliphatic rings. The summed E-state index contributed by atoms with van der Waals surface area (Å²) in [6.07, 6.45) is 1.77. The molecule has 1 heterocycles. The summed E-state index contributed by atoms with van der Waals surface area (Å²) in [4.78, 5) is 12.8. The van der Waals surface area contributed by atoms with Crippen LogP contribution < -0.4 is 5.32 Å². The number of rotatable bonds is 5. The van der Waals surface area contributed by atoms with Gasteiger partial charge in [-0.3, -0.25) is 4.79 Å². The molecular weight excluding hydrogens is 341 g/mol. The Morgan fingerprint density at radius 1 is 0.926 bits per heavy atom. The second kappa shape index (κ2) is 7.46. The number of carbonyl (C=O) groups is 1. The van der Waals surface area contributed by atoms with Crippen molar-refractivity contribution in [2.75, 3.05) is 5.32 Å². The van der Waals surface area contributed by atoms with Gasteiger partial charge in [0, 0.05) is 17.5 Å². The molecule has 4 aromatic rings. The third-order valence-electron chi connectivity index (χ3n) is 4.61. The maximum atomic E-state index is 13.3. The summed E-state index contributed by atoms with van der Waals surface area (Å²) in [6, 6.07) is 23.5. The molecule has 0 saturated heterocycles. The van der Waals surface area contributed by atoms with Gasteiger partial charge < -0.3 is 9.73 Å². The zero-order chi connectivity index (χ0) is 18.6. The first-order chi connectivity index (χ1) is 13.2. The quantitative estimate of drug-likeness (QED) is 0.494. The average Bonchev–Trinajstić information content (AvgIpc) is 3.22. The van der Waals surface area contributed by atoms with Crippen molar-refractivity contribution in [3.8, 4) is 0 Å². The second-order valence-corrected chi connectivity index (χ2v) is 6.40. The predicted octanol–water partition coefficient (Wildman–Crippen LogP) is 5.73. The molecule has 3 aromatic carbocycles. The van der Waals surface area contributed by atoms with Crippen LogP contribution in [0.5, 0.6) is 0 Å². The maximum Gasteiger partial charge on any atom is 0.225 e. The van der Waals surface area contributed by atoms with Crippen LogP contribution in [0.3, 0.4) is 0 Å². The fourth-order valence-electron chi connectivity index (χ4n) is 3.29. The van der Waals surface area contributed by atoms with Crippen molar-refractivity contribution in [1.82, 2.24) is 0 Å². The van der Waals surface area contributed by atoms with Crippen LogP contribution in [0, 0.1) is 5.82 Å². The first kappa shape index (κ1) is 17.0. The smallest absolute Gasteiger partial charge is 0.225 e. The molecule has 0 aliphatic heterocycles. The molecule has 0 radical (unpaired) electrons. The summed E-state index contributed by atoms with van der Waals surface area (Å²) in [5.41, 5.74) is 1.61. The van der Waals surface area contributed by atoms with Gasteiger partial charge in [-0.25, -0.2) is 4.39 Å². The van der Waals surface area contributed by atoms with Crippen LogP contribution in [0.2, 0.25) is 0 Å². The van der Waals surface area contributed by atoms with E-state index in [1.807, 2.05) is 48.5 Å². The number of anilines is 1. The lowest BCUT2D eigenvalue weighted by Crippen LogP contribution is -2.16. The van der Waals surface area contributed by atoms with Gasteiger partial charge in [0.05, 0.1) is 12.2 Å². The standard InChI is InChI=1S/C23H18FNO2/c24-18-12-10-17(11-13-18)20(22-9-4-14-27-22)15-23(26)25-21-8-3-6-16-5-1-2-7-19(16)21/h1-14,20H,15H2,(H,25,26). The molecule has 0 saturated carbocycles. The lowest BCUT2D eigenvalue weighted by Gasteiger charge is -2.16. The van der Waals surface area contributed by atoms with Crippen LogP contribution in [0.1, 0.15) is 23.7 Å². The Morgan fingerprint density at radius 2 is 1.70 bits per heavy atom. The Kier molecular flexibility index (Phi) is 4.71. The van der Waals surface area contributed by atoms with Crippen molar-refractivity contribution in [2.24, 2.45) is 0 Å². The molecular formula is C23H18FNO2. The van der Waals surface area contributed by atoms with Gasteiger partial charge in [0.1, 0.15) is 11.6 Å². The van der Waals surface area contributed by atoms with Crippen molar-refractivity contribution in [3.05, 3.63) is 102 Å². The zero-order valence-corrected chi connectivity index (χ0v) is 14.6. The van der Waals surface area contributed by atoms with Crippen molar-refractivity contribution in [2.45, 2.75) is 12.3 Å². The minimum Gasteiger partial charge on any atom is -0.469 e. The van der Waals surface area contributed by atoms with Gasteiger partial charge in [-0.2, -0.15) is 0 Å². The second-order valence-electron chi connectivity index (χ2n) is 6.40. The fraction of sp³-hybridized carbons (Fsp3) is 0.0870. The monoisotopic (exact) mass is 359 g/mol. The maximum absolute atomic E-state index is 13.3. The first-order valence-electron chi connectivity index (χ1n) is 8.77. The normalized spacial score (nSPS) is 12.0. The third kappa shape index (κ3) is 3.75. The highest BCUT2D eigenvalue weighted by Crippen LogP contribution is 2.30.